The van der Waals surface area contributed by atoms with Gasteiger partial charge in [-0.25, -0.2) is 0 Å². The number of hydrogen-bond donors (Lipinski definition) is 3. The normalized spacial score (nSPS) is 22.4. The highest BCUT2D eigenvalue weighted by Crippen LogP contribution is 2.40. The van der Waals surface area contributed by atoms with Crippen molar-refractivity contribution in [1.29, 1.82) is 0 Å². The first kappa shape index (κ1) is 16.2. The lowest BCUT2D eigenvalue weighted by atomic mass is 10.0. The molecule has 0 fully saturated rings. The minimum absolute atomic E-state index is 0.0165. The number of rotatable bonds is 2. The second-order valence-corrected chi connectivity index (χ2v) is 8.15. The molecule has 4 nitrogen and oxygen atoms in total. The van der Waals surface area contributed by atoms with E-state index in [1.54, 1.807) is 28.4 Å². The molecule has 3 heterocycles. The van der Waals surface area contributed by atoms with Crippen LogP contribution in [-0.4, -0.2) is 19.0 Å². The second kappa shape index (κ2) is 6.23. The van der Waals surface area contributed by atoms with E-state index in [9.17, 15) is 4.79 Å². The van der Waals surface area contributed by atoms with Crippen LogP contribution < -0.4 is 15.5 Å². The summed E-state index contributed by atoms with van der Waals surface area (Å²) in [5.41, 5.74) is 2.87. The van der Waals surface area contributed by atoms with Gasteiger partial charge in [-0.2, -0.15) is 0 Å². The average Bonchev–Trinajstić information content (AvgIpc) is 2.92. The third kappa shape index (κ3) is 2.69. The summed E-state index contributed by atoms with van der Waals surface area (Å²) in [6.07, 6.45) is 0.635. The zero-order valence-corrected chi connectivity index (χ0v) is 15.5. The Kier molecular flexibility index (Phi) is 4.21. The van der Waals surface area contributed by atoms with Gasteiger partial charge in [0.1, 0.15) is 17.7 Å². The standard InChI is InChI=1S/C17H17Cl2N3OS/c1-2-22-6-5-11-13(8-22)24-17-14(11)16(23)20-15(21-17)10-4-3-9(18)7-12(10)19/h3-4,7,15,21H,2,5-6,8H2,1H3,(H,20,23)/p+1/t15-/m0/s1. The van der Waals surface area contributed by atoms with Crippen LogP contribution in [0.1, 0.15) is 39.5 Å². The van der Waals surface area contributed by atoms with E-state index in [1.165, 1.54) is 10.4 Å². The van der Waals surface area contributed by atoms with Gasteiger partial charge in [-0.05, 0) is 24.6 Å². The van der Waals surface area contributed by atoms with Crippen molar-refractivity contribution in [2.24, 2.45) is 0 Å². The van der Waals surface area contributed by atoms with Crippen LogP contribution in [0.25, 0.3) is 0 Å². The Labute approximate surface area is 154 Å². The van der Waals surface area contributed by atoms with Gasteiger partial charge >= 0.3 is 0 Å². The maximum atomic E-state index is 12.7. The number of likely N-dealkylation sites (N-methyl/N-ethyl adjacent to an activating group) is 1. The van der Waals surface area contributed by atoms with Gasteiger partial charge in [0.05, 0.1) is 23.5 Å². The minimum atomic E-state index is -0.329. The fraction of sp³-hybridized carbons (Fsp3) is 0.353. The molecule has 7 heteroatoms. The highest BCUT2D eigenvalue weighted by atomic mass is 35.5. The Balaban J connectivity index is 1.68. The molecule has 2 aliphatic rings. The monoisotopic (exact) mass is 382 g/mol. The summed E-state index contributed by atoms with van der Waals surface area (Å²) in [5, 5.41) is 8.56. The number of anilines is 1. The number of fused-ring (bicyclic) bond motifs is 3. The molecule has 4 rings (SSSR count). The molecule has 0 spiro atoms. The van der Waals surface area contributed by atoms with E-state index >= 15 is 0 Å². The number of quaternary nitrogens is 1. The van der Waals surface area contributed by atoms with E-state index in [2.05, 4.69) is 17.6 Å². The van der Waals surface area contributed by atoms with Gasteiger partial charge in [0, 0.05) is 22.0 Å². The van der Waals surface area contributed by atoms with Crippen LogP contribution in [0.5, 0.6) is 0 Å². The lowest BCUT2D eigenvalue weighted by Crippen LogP contribution is -3.11. The molecule has 0 bridgehead atoms. The molecule has 2 atom stereocenters. The Morgan fingerprint density at radius 2 is 2.17 bits per heavy atom. The number of carbonyl (C=O) groups is 1. The predicted octanol–water partition coefficient (Wildman–Crippen LogP) is 2.87. The van der Waals surface area contributed by atoms with E-state index in [4.69, 9.17) is 23.2 Å². The number of hydrogen-bond acceptors (Lipinski definition) is 3. The summed E-state index contributed by atoms with van der Waals surface area (Å²) in [6.45, 7) is 5.42. The van der Waals surface area contributed by atoms with Gasteiger partial charge in [-0.3, -0.25) is 4.79 Å². The topological polar surface area (TPSA) is 45.6 Å². The van der Waals surface area contributed by atoms with E-state index in [0.29, 0.717) is 10.0 Å². The lowest BCUT2D eigenvalue weighted by molar-refractivity contribution is -0.913. The van der Waals surface area contributed by atoms with Crippen LogP contribution in [0.2, 0.25) is 10.0 Å². The van der Waals surface area contributed by atoms with E-state index < -0.39 is 0 Å². The summed E-state index contributed by atoms with van der Waals surface area (Å²) in [4.78, 5) is 15.6. The molecular weight excluding hydrogens is 365 g/mol. The van der Waals surface area contributed by atoms with Crippen LogP contribution >= 0.6 is 34.5 Å². The number of carbonyl (C=O) groups excluding carboxylic acids is 1. The molecule has 0 aliphatic carbocycles. The van der Waals surface area contributed by atoms with Crippen molar-refractivity contribution in [1.82, 2.24) is 5.32 Å². The summed E-state index contributed by atoms with van der Waals surface area (Å²) in [7, 11) is 0. The van der Waals surface area contributed by atoms with E-state index in [0.717, 1.165) is 42.2 Å². The quantitative estimate of drug-likeness (QED) is 0.747. The third-order valence-corrected chi connectivity index (χ3v) is 6.51. The number of amides is 1. The summed E-state index contributed by atoms with van der Waals surface area (Å²) in [6, 6.07) is 5.34. The van der Waals surface area contributed by atoms with Gasteiger partial charge in [-0.1, -0.05) is 29.3 Å². The molecule has 0 saturated heterocycles. The molecule has 0 radical (unpaired) electrons. The summed E-state index contributed by atoms with van der Waals surface area (Å²) >= 11 is 14.0. The lowest BCUT2D eigenvalue weighted by Gasteiger charge is -2.27. The zero-order chi connectivity index (χ0) is 16.8. The predicted molar refractivity (Wildman–Crippen MR) is 98.4 cm³/mol. The van der Waals surface area contributed by atoms with Gasteiger partial charge < -0.3 is 15.5 Å². The van der Waals surface area contributed by atoms with E-state index in [-0.39, 0.29) is 12.1 Å². The van der Waals surface area contributed by atoms with Crippen LogP contribution in [0.15, 0.2) is 18.2 Å². The van der Waals surface area contributed by atoms with Crippen molar-refractivity contribution < 1.29 is 9.69 Å². The number of halogens is 2. The fourth-order valence-corrected chi connectivity index (χ4v) is 5.30. The van der Waals surface area contributed by atoms with E-state index in [1.807, 2.05) is 6.07 Å². The number of nitrogens with one attached hydrogen (secondary N) is 3. The molecular formula is C17H18Cl2N3OS+. The Morgan fingerprint density at radius 1 is 1.33 bits per heavy atom. The maximum Gasteiger partial charge on any atom is 0.256 e. The molecule has 1 amide bonds. The molecule has 1 aromatic heterocycles. The second-order valence-electron chi connectivity index (χ2n) is 6.20. The Hall–Kier alpha value is -1.27. The zero-order valence-electron chi connectivity index (χ0n) is 13.2. The molecule has 2 aliphatic heterocycles. The van der Waals surface area contributed by atoms with Gasteiger partial charge in [0.25, 0.3) is 5.91 Å². The highest BCUT2D eigenvalue weighted by molar-refractivity contribution is 7.16. The number of benzene rings is 1. The van der Waals surface area contributed by atoms with Gasteiger partial charge in [0.2, 0.25) is 0 Å². The molecule has 1 unspecified atom stereocenters. The molecule has 1 aromatic carbocycles. The van der Waals surface area contributed by atoms with Gasteiger partial charge in [0.15, 0.2) is 0 Å². The first-order valence-electron chi connectivity index (χ1n) is 8.07. The van der Waals surface area contributed by atoms with Gasteiger partial charge in [-0.15, -0.1) is 11.3 Å². The molecule has 0 saturated carbocycles. The Bertz CT molecular complexity index is 820. The summed E-state index contributed by atoms with van der Waals surface area (Å²) in [5.74, 6) is -0.0165. The van der Waals surface area contributed by atoms with Crippen molar-refractivity contribution >= 4 is 45.4 Å². The van der Waals surface area contributed by atoms with Crippen molar-refractivity contribution in [3.63, 3.8) is 0 Å². The average molecular weight is 383 g/mol. The maximum absolute atomic E-state index is 12.7. The number of thiophene rings is 1. The summed E-state index contributed by atoms with van der Waals surface area (Å²) < 4.78 is 0. The van der Waals surface area contributed by atoms with Crippen LogP contribution in [-0.2, 0) is 13.0 Å². The molecule has 2 aromatic rings. The Morgan fingerprint density at radius 3 is 2.92 bits per heavy atom. The van der Waals surface area contributed by atoms with Crippen LogP contribution in [0.4, 0.5) is 5.00 Å². The fourth-order valence-electron chi connectivity index (χ4n) is 3.44. The minimum Gasteiger partial charge on any atom is -0.353 e. The molecule has 3 N–H and O–H groups in total. The first-order chi connectivity index (χ1) is 11.6. The largest absolute Gasteiger partial charge is 0.353 e. The molecule has 126 valence electrons. The smallest absolute Gasteiger partial charge is 0.256 e. The van der Waals surface area contributed by atoms with Crippen molar-refractivity contribution in [2.45, 2.75) is 26.1 Å². The SMILES string of the molecule is CC[NH+]1CCc2c(sc3c2C(=O)N[C@H](c2ccc(Cl)cc2Cl)N3)C1. The van der Waals surface area contributed by atoms with Crippen molar-refractivity contribution in [3.05, 3.63) is 49.8 Å². The highest BCUT2D eigenvalue weighted by Gasteiger charge is 2.34. The first-order valence-corrected chi connectivity index (χ1v) is 9.64. The van der Waals surface area contributed by atoms with Crippen molar-refractivity contribution in [2.75, 3.05) is 18.4 Å². The van der Waals surface area contributed by atoms with Crippen LogP contribution in [0.3, 0.4) is 0 Å². The molecule has 24 heavy (non-hydrogen) atoms. The van der Waals surface area contributed by atoms with Crippen LogP contribution in [0, 0.1) is 0 Å². The van der Waals surface area contributed by atoms with Crippen molar-refractivity contribution in [3.8, 4) is 0 Å². The third-order valence-electron chi connectivity index (χ3n) is 4.78.